The largest absolute Gasteiger partial charge is 0.444 e. The monoisotopic (exact) mass is 448 g/mol. The van der Waals surface area contributed by atoms with Gasteiger partial charge in [0.2, 0.25) is 0 Å². The number of rotatable bonds is 6. The minimum atomic E-state index is -4.32. The number of hydrogen-bond donors (Lipinski definition) is 1. The number of carbonyl (C=O) groups excluding carboxylic acids is 1. The van der Waals surface area contributed by atoms with Crippen LogP contribution in [0.25, 0.3) is 0 Å². The molecule has 1 aromatic rings. The number of amides is 1. The molecule has 2 rings (SSSR count). The number of alkyl halides is 3. The summed E-state index contributed by atoms with van der Waals surface area (Å²) in [6.45, 7) is 13.0. The van der Waals surface area contributed by atoms with E-state index < -0.39 is 18.3 Å². The predicted octanol–water partition coefficient (Wildman–Crippen LogP) is 4.13. The fourth-order valence-corrected chi connectivity index (χ4v) is 4.06. The van der Waals surface area contributed by atoms with Crippen molar-refractivity contribution in [2.24, 2.45) is 0 Å². The molecule has 0 radical (unpaired) electrons. The molecule has 0 unspecified atom stereocenters. The molecular formula is C21H35F3N4O3. The molecule has 0 aromatic carbocycles. The van der Waals surface area contributed by atoms with Gasteiger partial charge in [-0.1, -0.05) is 0 Å². The zero-order valence-corrected chi connectivity index (χ0v) is 19.5. The maximum absolute atomic E-state index is 12.8. The normalized spacial score (nSPS) is 19.9. The Balaban J connectivity index is 2.04. The smallest absolute Gasteiger partial charge is 0.410 e. The van der Waals surface area contributed by atoms with Crippen LogP contribution in [0.4, 0.5) is 18.0 Å². The number of halogens is 3. The van der Waals surface area contributed by atoms with Gasteiger partial charge < -0.3 is 19.7 Å². The number of nitrogens with zero attached hydrogens (tertiary/aromatic N) is 3. The van der Waals surface area contributed by atoms with Crippen molar-refractivity contribution in [2.75, 3.05) is 19.8 Å². The van der Waals surface area contributed by atoms with Crippen molar-refractivity contribution in [3.8, 4) is 0 Å². The van der Waals surface area contributed by atoms with Crippen LogP contribution in [0.5, 0.6) is 0 Å². The molecule has 3 atom stereocenters. The zero-order valence-electron chi connectivity index (χ0n) is 19.5. The Kier molecular flexibility index (Phi) is 8.02. The van der Waals surface area contributed by atoms with Crippen LogP contribution < -0.4 is 5.32 Å². The second-order valence-corrected chi connectivity index (χ2v) is 9.28. The molecule has 7 nitrogen and oxygen atoms in total. The van der Waals surface area contributed by atoms with E-state index in [9.17, 15) is 18.0 Å². The summed E-state index contributed by atoms with van der Waals surface area (Å²) in [5, 5.41) is 7.52. The Morgan fingerprint density at radius 3 is 2.52 bits per heavy atom. The van der Waals surface area contributed by atoms with Crippen LogP contribution in [0.2, 0.25) is 0 Å². The van der Waals surface area contributed by atoms with Crippen molar-refractivity contribution < 1.29 is 27.4 Å². The fourth-order valence-electron chi connectivity index (χ4n) is 4.06. The highest BCUT2D eigenvalue weighted by molar-refractivity contribution is 5.68. The average molecular weight is 449 g/mol. The SMILES string of the molecule is Cc1nn(CC(F)(F)F)c(C)c1[C@H](C)N[C@H](C)C[C@@H]1COCCN1C(=O)OC(C)(C)C. The summed E-state index contributed by atoms with van der Waals surface area (Å²) in [4.78, 5) is 14.3. The standard InChI is InChI=1S/C21H35F3N4O3/c1-13(10-17-11-30-9-8-27(17)19(29)31-20(5,6)7)25-14(2)18-15(3)26-28(16(18)4)12-21(22,23)24/h13-14,17,25H,8-12H2,1-7H3/t13-,14+,17-/m1/s1. The van der Waals surface area contributed by atoms with E-state index in [0.717, 1.165) is 10.2 Å². The highest BCUT2D eigenvalue weighted by atomic mass is 19.4. The zero-order chi connectivity index (χ0) is 23.6. The number of aromatic nitrogens is 2. The minimum Gasteiger partial charge on any atom is -0.444 e. The van der Waals surface area contributed by atoms with Crippen molar-refractivity contribution in [1.29, 1.82) is 0 Å². The van der Waals surface area contributed by atoms with Gasteiger partial charge >= 0.3 is 12.3 Å². The van der Waals surface area contributed by atoms with Crippen LogP contribution in [0, 0.1) is 13.8 Å². The quantitative estimate of drug-likeness (QED) is 0.709. The molecule has 0 aliphatic carbocycles. The Bertz CT molecular complexity index is 758. The molecule has 1 saturated heterocycles. The summed E-state index contributed by atoms with van der Waals surface area (Å²) in [6.07, 6.45) is -4.06. The van der Waals surface area contributed by atoms with Crippen molar-refractivity contribution >= 4 is 6.09 Å². The first kappa shape index (κ1) is 25.5. The molecule has 0 bridgehead atoms. The van der Waals surface area contributed by atoms with E-state index in [1.54, 1.807) is 18.7 Å². The number of carbonyl (C=O) groups is 1. The van der Waals surface area contributed by atoms with E-state index in [0.29, 0.717) is 37.6 Å². The maximum atomic E-state index is 12.8. The van der Waals surface area contributed by atoms with Crippen LogP contribution in [0.3, 0.4) is 0 Å². The summed E-state index contributed by atoms with van der Waals surface area (Å²) in [6, 6.07) is -0.360. The summed E-state index contributed by atoms with van der Waals surface area (Å²) in [5.74, 6) is 0. The Morgan fingerprint density at radius 1 is 1.29 bits per heavy atom. The van der Waals surface area contributed by atoms with Crippen molar-refractivity contribution in [2.45, 2.75) is 91.3 Å². The number of morpholine rings is 1. The van der Waals surface area contributed by atoms with Crippen molar-refractivity contribution in [1.82, 2.24) is 20.0 Å². The van der Waals surface area contributed by atoms with E-state index >= 15 is 0 Å². The van der Waals surface area contributed by atoms with Gasteiger partial charge in [0.25, 0.3) is 0 Å². The minimum absolute atomic E-state index is 0.0172. The molecule has 1 aliphatic rings. The van der Waals surface area contributed by atoms with Gasteiger partial charge in [0, 0.05) is 29.9 Å². The van der Waals surface area contributed by atoms with Gasteiger partial charge in [-0.25, -0.2) is 4.79 Å². The highest BCUT2D eigenvalue weighted by Crippen LogP contribution is 2.26. The van der Waals surface area contributed by atoms with Gasteiger partial charge in [0.15, 0.2) is 0 Å². The van der Waals surface area contributed by atoms with Crippen LogP contribution in [0.15, 0.2) is 0 Å². The Hall–Kier alpha value is -1.81. The van der Waals surface area contributed by atoms with E-state index in [1.165, 1.54) is 0 Å². The maximum Gasteiger partial charge on any atom is 0.410 e. The van der Waals surface area contributed by atoms with Crippen LogP contribution in [0.1, 0.15) is 64.0 Å². The van der Waals surface area contributed by atoms with Gasteiger partial charge in [0.1, 0.15) is 12.1 Å². The van der Waals surface area contributed by atoms with Gasteiger partial charge in [-0.05, 0) is 54.9 Å². The number of aryl methyl sites for hydroxylation is 1. The highest BCUT2D eigenvalue weighted by Gasteiger charge is 2.33. The van der Waals surface area contributed by atoms with Crippen LogP contribution >= 0.6 is 0 Å². The molecular weight excluding hydrogens is 413 g/mol. The number of hydrogen-bond acceptors (Lipinski definition) is 5. The molecule has 10 heteroatoms. The second kappa shape index (κ2) is 9.77. The molecule has 0 saturated carbocycles. The van der Waals surface area contributed by atoms with Crippen molar-refractivity contribution in [3.05, 3.63) is 17.0 Å². The van der Waals surface area contributed by atoms with Gasteiger partial charge in [-0.2, -0.15) is 18.3 Å². The van der Waals surface area contributed by atoms with Crippen molar-refractivity contribution in [3.63, 3.8) is 0 Å². The summed E-state index contributed by atoms with van der Waals surface area (Å²) in [7, 11) is 0. The molecule has 2 heterocycles. The van der Waals surface area contributed by atoms with E-state index in [2.05, 4.69) is 10.4 Å². The van der Waals surface area contributed by atoms with E-state index in [4.69, 9.17) is 9.47 Å². The lowest BCUT2D eigenvalue weighted by molar-refractivity contribution is -0.143. The third kappa shape index (κ3) is 7.38. The van der Waals surface area contributed by atoms with E-state index in [-0.39, 0.29) is 24.2 Å². The third-order valence-corrected chi connectivity index (χ3v) is 5.22. The summed E-state index contributed by atoms with van der Waals surface area (Å²) in [5.41, 5.74) is 1.26. The Morgan fingerprint density at radius 2 is 1.94 bits per heavy atom. The molecule has 1 fully saturated rings. The number of ether oxygens (including phenoxy) is 2. The molecule has 1 N–H and O–H groups in total. The van der Waals surface area contributed by atoms with Gasteiger partial charge in [-0.15, -0.1) is 0 Å². The average Bonchev–Trinajstić information content (AvgIpc) is 2.85. The molecule has 1 aliphatic heterocycles. The molecule has 31 heavy (non-hydrogen) atoms. The lowest BCUT2D eigenvalue weighted by Crippen LogP contribution is -2.52. The first-order valence-electron chi connectivity index (χ1n) is 10.6. The predicted molar refractivity (Wildman–Crippen MR) is 111 cm³/mol. The second-order valence-electron chi connectivity index (χ2n) is 9.28. The Labute approximate surface area is 182 Å². The molecule has 178 valence electrons. The fraction of sp³-hybridized carbons (Fsp3) is 0.810. The summed E-state index contributed by atoms with van der Waals surface area (Å²) < 4.78 is 50.5. The lowest BCUT2D eigenvalue weighted by atomic mass is 10.0. The van der Waals surface area contributed by atoms with Gasteiger partial charge in [-0.3, -0.25) is 4.68 Å². The molecule has 1 amide bonds. The first-order valence-corrected chi connectivity index (χ1v) is 10.6. The molecule has 1 aromatic heterocycles. The lowest BCUT2D eigenvalue weighted by Gasteiger charge is -2.38. The first-order chi connectivity index (χ1) is 14.2. The number of nitrogens with one attached hydrogen (secondary N) is 1. The molecule has 0 spiro atoms. The summed E-state index contributed by atoms with van der Waals surface area (Å²) >= 11 is 0. The van der Waals surface area contributed by atoms with Crippen LogP contribution in [-0.4, -0.2) is 64.4 Å². The van der Waals surface area contributed by atoms with Crippen LogP contribution in [-0.2, 0) is 16.0 Å². The van der Waals surface area contributed by atoms with Gasteiger partial charge in [0.05, 0.1) is 24.9 Å². The third-order valence-electron chi connectivity index (χ3n) is 5.22. The van der Waals surface area contributed by atoms with E-state index in [1.807, 2.05) is 34.6 Å². The topological polar surface area (TPSA) is 68.6 Å².